The van der Waals surface area contributed by atoms with E-state index in [9.17, 15) is 0 Å². The summed E-state index contributed by atoms with van der Waals surface area (Å²) in [5.74, 6) is 1.43. The standard InChI is InChI=1S/C14H20N4OS/c1-5-11-7-15-14(20-11)10(4)18-12-9(3)13(19-6-2)17-8-16-12/h7-8,10H,5-6H2,1-4H3,(H,16,17,18). The van der Waals surface area contributed by atoms with Crippen LogP contribution in [0.3, 0.4) is 0 Å². The van der Waals surface area contributed by atoms with Crippen molar-refractivity contribution in [3.63, 3.8) is 0 Å². The lowest BCUT2D eigenvalue weighted by molar-refractivity contribution is 0.324. The highest BCUT2D eigenvalue weighted by molar-refractivity contribution is 7.11. The summed E-state index contributed by atoms with van der Waals surface area (Å²) in [5, 5.41) is 4.45. The van der Waals surface area contributed by atoms with Crippen LogP contribution in [-0.4, -0.2) is 21.6 Å². The fourth-order valence-electron chi connectivity index (χ4n) is 1.81. The van der Waals surface area contributed by atoms with E-state index in [1.165, 1.54) is 11.2 Å². The van der Waals surface area contributed by atoms with Gasteiger partial charge >= 0.3 is 0 Å². The first-order valence-electron chi connectivity index (χ1n) is 6.81. The Bertz CT molecular complexity index is 570. The lowest BCUT2D eigenvalue weighted by Gasteiger charge is -2.15. The van der Waals surface area contributed by atoms with E-state index in [-0.39, 0.29) is 6.04 Å². The summed E-state index contributed by atoms with van der Waals surface area (Å²) in [6.45, 7) is 8.72. The van der Waals surface area contributed by atoms with E-state index in [1.54, 1.807) is 11.3 Å². The summed E-state index contributed by atoms with van der Waals surface area (Å²) in [4.78, 5) is 14.2. The minimum Gasteiger partial charge on any atom is -0.478 e. The molecule has 0 aliphatic rings. The number of ether oxygens (including phenoxy) is 1. The number of hydrogen-bond acceptors (Lipinski definition) is 6. The fraction of sp³-hybridized carbons (Fsp3) is 0.500. The Morgan fingerprint density at radius 1 is 1.30 bits per heavy atom. The van der Waals surface area contributed by atoms with Crippen LogP contribution in [-0.2, 0) is 6.42 Å². The Kier molecular flexibility index (Phi) is 4.89. The van der Waals surface area contributed by atoms with Gasteiger partial charge in [0.25, 0.3) is 0 Å². The second kappa shape index (κ2) is 6.65. The van der Waals surface area contributed by atoms with E-state index in [2.05, 4.69) is 34.1 Å². The monoisotopic (exact) mass is 292 g/mol. The van der Waals surface area contributed by atoms with Gasteiger partial charge in [-0.25, -0.2) is 15.0 Å². The number of aromatic nitrogens is 3. The van der Waals surface area contributed by atoms with Crippen LogP contribution in [0.4, 0.5) is 5.82 Å². The Labute approximate surface area is 123 Å². The summed E-state index contributed by atoms with van der Waals surface area (Å²) < 4.78 is 5.48. The zero-order chi connectivity index (χ0) is 14.5. The van der Waals surface area contributed by atoms with Gasteiger partial charge in [-0.3, -0.25) is 0 Å². The largest absolute Gasteiger partial charge is 0.478 e. The molecule has 1 atom stereocenters. The van der Waals surface area contributed by atoms with E-state index in [1.807, 2.05) is 20.0 Å². The first kappa shape index (κ1) is 14.7. The number of nitrogens with zero attached hydrogens (tertiary/aromatic N) is 3. The predicted molar refractivity (Wildman–Crippen MR) is 81.5 cm³/mol. The Morgan fingerprint density at radius 3 is 2.75 bits per heavy atom. The highest BCUT2D eigenvalue weighted by atomic mass is 32.1. The molecule has 1 N–H and O–H groups in total. The molecule has 6 heteroatoms. The number of rotatable bonds is 6. The molecule has 2 aromatic heterocycles. The molecule has 0 amide bonds. The molecule has 108 valence electrons. The van der Waals surface area contributed by atoms with E-state index in [0.29, 0.717) is 12.5 Å². The smallest absolute Gasteiger partial charge is 0.221 e. The SMILES string of the molecule is CCOc1ncnc(NC(C)c2ncc(CC)s2)c1C. The summed E-state index contributed by atoms with van der Waals surface area (Å²) in [5.41, 5.74) is 0.925. The molecule has 0 saturated heterocycles. The maximum Gasteiger partial charge on any atom is 0.221 e. The van der Waals surface area contributed by atoms with Crippen molar-refractivity contribution in [2.45, 2.75) is 40.2 Å². The van der Waals surface area contributed by atoms with E-state index < -0.39 is 0 Å². The van der Waals surface area contributed by atoms with Gasteiger partial charge in [0.1, 0.15) is 17.2 Å². The molecular weight excluding hydrogens is 272 g/mol. The van der Waals surface area contributed by atoms with Gasteiger partial charge in [-0.15, -0.1) is 11.3 Å². The maximum absolute atomic E-state index is 5.48. The average Bonchev–Trinajstić information content (AvgIpc) is 2.92. The van der Waals surface area contributed by atoms with Crippen LogP contribution in [0.2, 0.25) is 0 Å². The van der Waals surface area contributed by atoms with Gasteiger partial charge in [-0.2, -0.15) is 0 Å². The second-order valence-corrected chi connectivity index (χ2v) is 5.62. The summed E-state index contributed by atoms with van der Waals surface area (Å²) in [6.07, 6.45) is 4.48. The third-order valence-electron chi connectivity index (χ3n) is 2.96. The number of anilines is 1. The second-order valence-electron chi connectivity index (χ2n) is 4.47. The molecule has 0 aromatic carbocycles. The van der Waals surface area contributed by atoms with Crippen LogP contribution in [0.15, 0.2) is 12.5 Å². The predicted octanol–water partition coefficient (Wildman–Crippen LogP) is 3.38. The summed E-state index contributed by atoms with van der Waals surface area (Å²) >= 11 is 1.73. The molecule has 2 heterocycles. The number of aryl methyl sites for hydroxylation is 1. The van der Waals surface area contributed by atoms with Crippen molar-refractivity contribution in [2.24, 2.45) is 0 Å². The Hall–Kier alpha value is -1.69. The van der Waals surface area contributed by atoms with Crippen LogP contribution in [0.1, 0.15) is 42.3 Å². The third-order valence-corrected chi connectivity index (χ3v) is 4.29. The van der Waals surface area contributed by atoms with Gasteiger partial charge in [0.2, 0.25) is 5.88 Å². The molecule has 2 aromatic rings. The van der Waals surface area contributed by atoms with Crippen LogP contribution in [0.25, 0.3) is 0 Å². The molecule has 0 fully saturated rings. The topological polar surface area (TPSA) is 59.9 Å². The van der Waals surface area contributed by atoms with Crippen molar-refractivity contribution in [3.8, 4) is 5.88 Å². The number of hydrogen-bond donors (Lipinski definition) is 1. The first-order valence-corrected chi connectivity index (χ1v) is 7.62. The Morgan fingerprint density at radius 2 is 2.10 bits per heavy atom. The van der Waals surface area contributed by atoms with Gasteiger partial charge in [-0.1, -0.05) is 6.92 Å². The third kappa shape index (κ3) is 3.25. The van der Waals surface area contributed by atoms with E-state index >= 15 is 0 Å². The van der Waals surface area contributed by atoms with Crippen LogP contribution < -0.4 is 10.1 Å². The Balaban J connectivity index is 2.14. The molecule has 20 heavy (non-hydrogen) atoms. The summed E-state index contributed by atoms with van der Waals surface area (Å²) in [6, 6.07) is 0.114. The lowest BCUT2D eigenvalue weighted by Crippen LogP contribution is -2.10. The molecule has 0 aliphatic heterocycles. The molecule has 0 saturated carbocycles. The van der Waals surface area contributed by atoms with Crippen LogP contribution in [0, 0.1) is 6.92 Å². The molecular formula is C14H20N4OS. The maximum atomic E-state index is 5.48. The van der Waals surface area contributed by atoms with Gasteiger partial charge in [-0.05, 0) is 27.2 Å². The average molecular weight is 292 g/mol. The molecule has 0 bridgehead atoms. The molecule has 0 radical (unpaired) electrons. The molecule has 5 nitrogen and oxygen atoms in total. The van der Waals surface area contributed by atoms with Crippen molar-refractivity contribution in [1.29, 1.82) is 0 Å². The normalized spacial score (nSPS) is 12.2. The minimum absolute atomic E-state index is 0.114. The minimum atomic E-state index is 0.114. The molecule has 1 unspecified atom stereocenters. The van der Waals surface area contributed by atoms with Crippen molar-refractivity contribution in [3.05, 3.63) is 28.0 Å². The van der Waals surface area contributed by atoms with E-state index in [4.69, 9.17) is 4.74 Å². The number of nitrogens with one attached hydrogen (secondary N) is 1. The van der Waals surface area contributed by atoms with Gasteiger partial charge < -0.3 is 10.1 Å². The molecule has 2 rings (SSSR count). The molecule has 0 aliphatic carbocycles. The zero-order valence-electron chi connectivity index (χ0n) is 12.3. The van der Waals surface area contributed by atoms with Crippen molar-refractivity contribution >= 4 is 17.2 Å². The highest BCUT2D eigenvalue weighted by Crippen LogP contribution is 2.26. The first-order chi connectivity index (χ1) is 9.65. The van der Waals surface area contributed by atoms with Crippen molar-refractivity contribution in [2.75, 3.05) is 11.9 Å². The van der Waals surface area contributed by atoms with Gasteiger partial charge in [0.15, 0.2) is 0 Å². The van der Waals surface area contributed by atoms with Crippen molar-refractivity contribution in [1.82, 2.24) is 15.0 Å². The van der Waals surface area contributed by atoms with Crippen molar-refractivity contribution < 1.29 is 4.74 Å². The van der Waals surface area contributed by atoms with Crippen LogP contribution >= 0.6 is 11.3 Å². The summed E-state index contributed by atoms with van der Waals surface area (Å²) in [7, 11) is 0. The molecule has 0 spiro atoms. The highest BCUT2D eigenvalue weighted by Gasteiger charge is 2.14. The zero-order valence-corrected chi connectivity index (χ0v) is 13.1. The quantitative estimate of drug-likeness (QED) is 0.884. The van der Waals surface area contributed by atoms with Gasteiger partial charge in [0.05, 0.1) is 18.2 Å². The fourth-order valence-corrected chi connectivity index (χ4v) is 2.67. The van der Waals surface area contributed by atoms with Gasteiger partial charge in [0, 0.05) is 11.1 Å². The number of thiazole rings is 1. The lowest BCUT2D eigenvalue weighted by atomic mass is 10.3. The van der Waals surface area contributed by atoms with Crippen LogP contribution in [0.5, 0.6) is 5.88 Å². The van der Waals surface area contributed by atoms with E-state index in [0.717, 1.165) is 22.8 Å².